The first-order valence-corrected chi connectivity index (χ1v) is 9.33. The quantitative estimate of drug-likeness (QED) is 0.609. The lowest BCUT2D eigenvalue weighted by Crippen LogP contribution is -2.24. The van der Waals surface area contributed by atoms with Gasteiger partial charge in [-0.15, -0.1) is 0 Å². The van der Waals surface area contributed by atoms with Crippen LogP contribution in [0.3, 0.4) is 0 Å². The summed E-state index contributed by atoms with van der Waals surface area (Å²) in [7, 11) is 0. The average Bonchev–Trinajstić information content (AvgIpc) is 2.63. The summed E-state index contributed by atoms with van der Waals surface area (Å²) in [5.74, 6) is 1.83. The Labute approximate surface area is 156 Å². The molecule has 2 rings (SSSR count). The summed E-state index contributed by atoms with van der Waals surface area (Å²) in [6, 6.07) is 17.8. The first-order valence-electron chi connectivity index (χ1n) is 9.33. The molecule has 0 unspecified atom stereocenters. The number of aryl methyl sites for hydroxylation is 1. The van der Waals surface area contributed by atoms with Gasteiger partial charge in [-0.25, -0.2) is 0 Å². The number of benzene rings is 2. The molecule has 0 aromatic heterocycles. The molecule has 26 heavy (non-hydrogen) atoms. The minimum absolute atomic E-state index is 0.0820. The number of ether oxygens (including phenoxy) is 2. The maximum Gasteiger partial charge on any atom is 0.220 e. The fraction of sp³-hybridized carbons (Fsp3) is 0.409. The highest BCUT2D eigenvalue weighted by Gasteiger charge is 2.03. The van der Waals surface area contributed by atoms with Crippen LogP contribution in [0.1, 0.15) is 38.7 Å². The summed E-state index contributed by atoms with van der Waals surface area (Å²) in [5, 5.41) is 2.97. The van der Waals surface area contributed by atoms with Gasteiger partial charge in [0.2, 0.25) is 5.91 Å². The Morgan fingerprint density at radius 3 is 2.54 bits per heavy atom. The zero-order valence-corrected chi connectivity index (χ0v) is 15.7. The fourth-order valence-corrected chi connectivity index (χ4v) is 2.59. The van der Waals surface area contributed by atoms with E-state index in [-0.39, 0.29) is 12.0 Å². The highest BCUT2D eigenvalue weighted by molar-refractivity contribution is 5.75. The van der Waals surface area contributed by atoms with E-state index >= 15 is 0 Å². The second-order valence-corrected chi connectivity index (χ2v) is 6.53. The lowest BCUT2D eigenvalue weighted by atomic mass is 10.1. The highest BCUT2D eigenvalue weighted by atomic mass is 16.5. The Hall–Kier alpha value is -2.49. The molecule has 0 aliphatic carbocycles. The molecule has 2 aromatic rings. The molecule has 4 nitrogen and oxygen atoms in total. The van der Waals surface area contributed by atoms with Crippen LogP contribution in [0, 0.1) is 0 Å². The van der Waals surface area contributed by atoms with E-state index in [0.29, 0.717) is 19.6 Å². The minimum Gasteiger partial charge on any atom is -0.494 e. The molecule has 0 aliphatic rings. The fourth-order valence-electron chi connectivity index (χ4n) is 2.59. The van der Waals surface area contributed by atoms with Crippen molar-refractivity contribution in [3.05, 3.63) is 60.2 Å². The molecule has 0 radical (unpaired) electrons. The van der Waals surface area contributed by atoms with Crippen LogP contribution in [0.2, 0.25) is 0 Å². The number of rotatable bonds is 11. The maximum absolute atomic E-state index is 11.9. The molecule has 0 spiro atoms. The Bertz CT molecular complexity index is 655. The number of carbonyl (C=O) groups excluding carboxylic acids is 1. The number of amides is 1. The van der Waals surface area contributed by atoms with Gasteiger partial charge >= 0.3 is 0 Å². The van der Waals surface area contributed by atoms with E-state index in [2.05, 4.69) is 17.4 Å². The van der Waals surface area contributed by atoms with Gasteiger partial charge in [-0.2, -0.15) is 0 Å². The summed E-state index contributed by atoms with van der Waals surface area (Å²) >= 11 is 0. The molecule has 140 valence electrons. The molecule has 0 aliphatic heterocycles. The SMILES string of the molecule is CC(C)Oc1cccc(CCCNC(=O)CCCOc2ccccc2)c1. The van der Waals surface area contributed by atoms with E-state index in [1.54, 1.807) is 0 Å². The molecule has 0 saturated heterocycles. The third kappa shape index (κ3) is 8.06. The summed E-state index contributed by atoms with van der Waals surface area (Å²) in [5.41, 5.74) is 1.23. The van der Waals surface area contributed by atoms with Crippen molar-refractivity contribution in [1.29, 1.82) is 0 Å². The van der Waals surface area contributed by atoms with Gasteiger partial charge in [0.25, 0.3) is 0 Å². The summed E-state index contributed by atoms with van der Waals surface area (Å²) in [6.07, 6.45) is 3.22. The molecule has 0 fully saturated rings. The molecule has 4 heteroatoms. The van der Waals surface area contributed by atoms with Crippen molar-refractivity contribution < 1.29 is 14.3 Å². The molecule has 0 bridgehead atoms. The maximum atomic E-state index is 11.9. The number of hydrogen-bond donors (Lipinski definition) is 1. The summed E-state index contributed by atoms with van der Waals surface area (Å²) in [4.78, 5) is 11.9. The third-order valence-corrected chi connectivity index (χ3v) is 3.79. The average molecular weight is 355 g/mol. The molecule has 1 amide bonds. The van der Waals surface area contributed by atoms with Crippen LogP contribution in [-0.4, -0.2) is 25.2 Å². The van der Waals surface area contributed by atoms with Gasteiger partial charge in [0.05, 0.1) is 12.7 Å². The normalized spacial score (nSPS) is 10.6. The molecule has 0 atom stereocenters. The van der Waals surface area contributed by atoms with Gasteiger partial charge in [-0.3, -0.25) is 4.79 Å². The first-order chi connectivity index (χ1) is 12.6. The first kappa shape index (κ1) is 19.8. The number of hydrogen-bond acceptors (Lipinski definition) is 3. The Kier molecular flexibility index (Phi) is 8.53. The smallest absolute Gasteiger partial charge is 0.220 e. The standard InChI is InChI=1S/C22H29NO3/c1-18(2)26-21-13-6-9-19(17-21)10-7-15-23-22(24)14-8-16-25-20-11-4-3-5-12-20/h3-6,9,11-13,17-18H,7-8,10,14-16H2,1-2H3,(H,23,24). The van der Waals surface area contributed by atoms with Crippen molar-refractivity contribution in [3.63, 3.8) is 0 Å². The van der Waals surface area contributed by atoms with Gasteiger partial charge < -0.3 is 14.8 Å². The summed E-state index contributed by atoms with van der Waals surface area (Å²) < 4.78 is 11.3. The van der Waals surface area contributed by atoms with Crippen LogP contribution in [0.4, 0.5) is 0 Å². The van der Waals surface area contributed by atoms with Gasteiger partial charge in [0.1, 0.15) is 11.5 Å². The van der Waals surface area contributed by atoms with Crippen molar-refractivity contribution in [3.8, 4) is 11.5 Å². The van der Waals surface area contributed by atoms with E-state index in [1.807, 2.05) is 56.3 Å². The molecule has 0 heterocycles. The molecule has 1 N–H and O–H groups in total. The minimum atomic E-state index is 0.0820. The van der Waals surface area contributed by atoms with Crippen LogP contribution >= 0.6 is 0 Å². The van der Waals surface area contributed by atoms with Crippen LogP contribution < -0.4 is 14.8 Å². The van der Waals surface area contributed by atoms with E-state index in [9.17, 15) is 4.79 Å². The number of nitrogens with one attached hydrogen (secondary N) is 1. The molecule has 0 saturated carbocycles. The van der Waals surface area contributed by atoms with Crippen LogP contribution in [0.15, 0.2) is 54.6 Å². The van der Waals surface area contributed by atoms with Gasteiger partial charge in [-0.1, -0.05) is 30.3 Å². The van der Waals surface area contributed by atoms with E-state index < -0.39 is 0 Å². The molecule has 2 aromatic carbocycles. The van der Waals surface area contributed by atoms with Crippen molar-refractivity contribution >= 4 is 5.91 Å². The van der Waals surface area contributed by atoms with Gasteiger partial charge in [-0.05, 0) is 62.9 Å². The lowest BCUT2D eigenvalue weighted by Gasteiger charge is -2.11. The second kappa shape index (κ2) is 11.2. The van der Waals surface area contributed by atoms with Crippen molar-refractivity contribution in [2.45, 2.75) is 45.6 Å². The number of para-hydroxylation sites is 1. The van der Waals surface area contributed by atoms with Crippen LogP contribution in [0.25, 0.3) is 0 Å². The molecular formula is C22H29NO3. The second-order valence-electron chi connectivity index (χ2n) is 6.53. The van der Waals surface area contributed by atoms with Crippen LogP contribution in [-0.2, 0) is 11.2 Å². The Balaban J connectivity index is 1.55. The Morgan fingerprint density at radius 1 is 1.00 bits per heavy atom. The van der Waals surface area contributed by atoms with E-state index in [4.69, 9.17) is 9.47 Å². The van der Waals surface area contributed by atoms with Gasteiger partial charge in [0.15, 0.2) is 0 Å². The molecular weight excluding hydrogens is 326 g/mol. The predicted molar refractivity (Wildman–Crippen MR) is 105 cm³/mol. The lowest BCUT2D eigenvalue weighted by molar-refractivity contribution is -0.121. The van der Waals surface area contributed by atoms with Crippen molar-refractivity contribution in [1.82, 2.24) is 5.32 Å². The number of carbonyl (C=O) groups is 1. The van der Waals surface area contributed by atoms with E-state index in [1.165, 1.54) is 5.56 Å². The Morgan fingerprint density at radius 2 is 1.77 bits per heavy atom. The summed E-state index contributed by atoms with van der Waals surface area (Å²) in [6.45, 7) is 5.29. The third-order valence-electron chi connectivity index (χ3n) is 3.79. The predicted octanol–water partition coefficient (Wildman–Crippen LogP) is 4.38. The topological polar surface area (TPSA) is 47.6 Å². The van der Waals surface area contributed by atoms with Crippen LogP contribution in [0.5, 0.6) is 11.5 Å². The zero-order chi connectivity index (χ0) is 18.6. The van der Waals surface area contributed by atoms with Gasteiger partial charge in [0, 0.05) is 13.0 Å². The highest BCUT2D eigenvalue weighted by Crippen LogP contribution is 2.16. The van der Waals surface area contributed by atoms with Crippen molar-refractivity contribution in [2.24, 2.45) is 0 Å². The zero-order valence-electron chi connectivity index (χ0n) is 15.7. The van der Waals surface area contributed by atoms with Crippen molar-refractivity contribution in [2.75, 3.05) is 13.2 Å². The van der Waals surface area contributed by atoms with E-state index in [0.717, 1.165) is 30.8 Å². The largest absolute Gasteiger partial charge is 0.494 e. The monoisotopic (exact) mass is 355 g/mol.